The van der Waals surface area contributed by atoms with Gasteiger partial charge in [-0.15, -0.1) is 0 Å². The number of nitrogens with zero attached hydrogens (tertiary/aromatic N) is 1. The first kappa shape index (κ1) is 17.8. The van der Waals surface area contributed by atoms with Crippen LogP contribution in [0.3, 0.4) is 0 Å². The Morgan fingerprint density at radius 1 is 1.04 bits per heavy atom. The molecule has 3 nitrogen and oxygen atoms in total. The monoisotopic (exact) mass is 346 g/mol. The van der Waals surface area contributed by atoms with Crippen LogP contribution in [0, 0.1) is 11.6 Å². The Balaban J connectivity index is 1.61. The zero-order valence-electron chi connectivity index (χ0n) is 14.4. The van der Waals surface area contributed by atoms with Crippen molar-refractivity contribution in [3.8, 4) is 0 Å². The molecule has 5 heteroatoms. The molecular weight excluding hydrogens is 322 g/mol. The molecule has 134 valence electrons. The first-order valence-corrected chi connectivity index (χ1v) is 8.76. The van der Waals surface area contributed by atoms with E-state index in [4.69, 9.17) is 0 Å². The highest BCUT2D eigenvalue weighted by molar-refractivity contribution is 5.49. The lowest BCUT2D eigenvalue weighted by molar-refractivity contribution is 0.170. The van der Waals surface area contributed by atoms with Crippen LogP contribution < -0.4 is 10.2 Å². The molecule has 0 bridgehead atoms. The van der Waals surface area contributed by atoms with Crippen LogP contribution in [0.25, 0.3) is 0 Å². The molecule has 0 radical (unpaired) electrons. The van der Waals surface area contributed by atoms with E-state index < -0.39 is 17.7 Å². The van der Waals surface area contributed by atoms with E-state index in [0.717, 1.165) is 30.8 Å². The Kier molecular flexibility index (Phi) is 5.66. The summed E-state index contributed by atoms with van der Waals surface area (Å²) in [6, 6.07) is 11.9. The Bertz CT molecular complexity index is 717. The molecule has 0 amide bonds. The summed E-state index contributed by atoms with van der Waals surface area (Å²) in [5, 5.41) is 13.5. The van der Waals surface area contributed by atoms with Gasteiger partial charge in [0.2, 0.25) is 0 Å². The van der Waals surface area contributed by atoms with E-state index in [9.17, 15) is 13.9 Å². The summed E-state index contributed by atoms with van der Waals surface area (Å²) in [4.78, 5) is 2.38. The molecule has 1 aliphatic rings. The van der Waals surface area contributed by atoms with Crippen LogP contribution in [-0.2, 0) is 0 Å². The molecule has 0 aromatic heterocycles. The predicted molar refractivity (Wildman–Crippen MR) is 95.6 cm³/mol. The number of benzene rings is 2. The molecule has 0 spiro atoms. The second-order valence-electron chi connectivity index (χ2n) is 6.61. The predicted octanol–water partition coefficient (Wildman–Crippen LogP) is 3.95. The average Bonchev–Trinajstić information content (AvgIpc) is 3.16. The minimum atomic E-state index is -0.942. The number of halogens is 2. The third-order valence-corrected chi connectivity index (χ3v) is 4.79. The van der Waals surface area contributed by atoms with E-state index in [0.29, 0.717) is 5.56 Å². The molecule has 0 aliphatic carbocycles. The zero-order chi connectivity index (χ0) is 17.8. The average molecular weight is 346 g/mol. The van der Waals surface area contributed by atoms with Crippen molar-refractivity contribution < 1.29 is 13.9 Å². The van der Waals surface area contributed by atoms with E-state index in [1.807, 2.05) is 13.0 Å². The van der Waals surface area contributed by atoms with Gasteiger partial charge in [-0.1, -0.05) is 18.2 Å². The van der Waals surface area contributed by atoms with Crippen molar-refractivity contribution in [1.29, 1.82) is 0 Å². The van der Waals surface area contributed by atoms with Crippen LogP contribution >= 0.6 is 0 Å². The number of hydrogen-bond acceptors (Lipinski definition) is 3. The van der Waals surface area contributed by atoms with E-state index in [2.05, 4.69) is 28.4 Å². The lowest BCUT2D eigenvalue weighted by atomic mass is 10.1. The maximum Gasteiger partial charge on any atom is 0.159 e. The first-order chi connectivity index (χ1) is 12.0. The molecular formula is C20H24F2N2O. The minimum Gasteiger partial charge on any atom is -0.387 e. The van der Waals surface area contributed by atoms with Gasteiger partial charge in [0.05, 0.1) is 6.10 Å². The second-order valence-corrected chi connectivity index (χ2v) is 6.61. The van der Waals surface area contributed by atoms with Gasteiger partial charge in [-0.2, -0.15) is 0 Å². The maximum absolute atomic E-state index is 13.3. The van der Waals surface area contributed by atoms with Crippen molar-refractivity contribution in [3.05, 3.63) is 65.2 Å². The fourth-order valence-corrected chi connectivity index (χ4v) is 3.21. The highest BCUT2D eigenvalue weighted by Gasteiger charge is 2.15. The summed E-state index contributed by atoms with van der Waals surface area (Å²) < 4.78 is 26.3. The van der Waals surface area contributed by atoms with Crippen molar-refractivity contribution in [3.63, 3.8) is 0 Å². The molecule has 2 N–H and O–H groups in total. The summed E-state index contributed by atoms with van der Waals surface area (Å²) in [5.41, 5.74) is 2.73. The minimum absolute atomic E-state index is 0.0440. The lowest BCUT2D eigenvalue weighted by Gasteiger charge is -2.21. The highest BCUT2D eigenvalue weighted by atomic mass is 19.2. The van der Waals surface area contributed by atoms with Crippen molar-refractivity contribution in [1.82, 2.24) is 5.32 Å². The van der Waals surface area contributed by atoms with Gasteiger partial charge in [-0.25, -0.2) is 8.78 Å². The summed E-state index contributed by atoms with van der Waals surface area (Å²) >= 11 is 0. The van der Waals surface area contributed by atoms with Crippen LogP contribution in [0.15, 0.2) is 42.5 Å². The molecule has 1 heterocycles. The Morgan fingerprint density at radius 2 is 1.80 bits per heavy atom. The molecule has 0 saturated carbocycles. The number of rotatable bonds is 6. The van der Waals surface area contributed by atoms with Crippen molar-refractivity contribution in [2.24, 2.45) is 0 Å². The number of aliphatic hydroxyl groups excluding tert-OH is 1. The van der Waals surface area contributed by atoms with Gasteiger partial charge in [0.15, 0.2) is 11.6 Å². The maximum atomic E-state index is 13.3. The third kappa shape index (κ3) is 4.35. The fourth-order valence-electron chi connectivity index (χ4n) is 3.21. The molecule has 2 unspecified atom stereocenters. The SMILES string of the molecule is CC(NCC(O)c1ccc(F)c(F)c1)c1cccc(N2CCCC2)c1. The summed E-state index contributed by atoms with van der Waals surface area (Å²) in [5.74, 6) is -1.85. The van der Waals surface area contributed by atoms with Crippen molar-refractivity contribution >= 4 is 5.69 Å². The summed E-state index contributed by atoms with van der Waals surface area (Å²) in [6.45, 7) is 4.49. The quantitative estimate of drug-likeness (QED) is 0.831. The van der Waals surface area contributed by atoms with Gasteiger partial charge in [0.25, 0.3) is 0 Å². The zero-order valence-corrected chi connectivity index (χ0v) is 14.4. The van der Waals surface area contributed by atoms with Gasteiger partial charge < -0.3 is 15.3 Å². The summed E-state index contributed by atoms with van der Waals surface area (Å²) in [7, 11) is 0. The van der Waals surface area contributed by atoms with Crippen LogP contribution in [-0.4, -0.2) is 24.7 Å². The topological polar surface area (TPSA) is 35.5 Å². The molecule has 25 heavy (non-hydrogen) atoms. The molecule has 2 aromatic carbocycles. The largest absolute Gasteiger partial charge is 0.387 e. The van der Waals surface area contributed by atoms with E-state index >= 15 is 0 Å². The van der Waals surface area contributed by atoms with Gasteiger partial charge >= 0.3 is 0 Å². The molecule has 1 saturated heterocycles. The smallest absolute Gasteiger partial charge is 0.159 e. The molecule has 2 aromatic rings. The van der Waals surface area contributed by atoms with E-state index in [1.54, 1.807) is 0 Å². The van der Waals surface area contributed by atoms with Gasteiger partial charge in [0.1, 0.15) is 0 Å². The van der Waals surface area contributed by atoms with Crippen LogP contribution in [0.5, 0.6) is 0 Å². The van der Waals surface area contributed by atoms with E-state index in [1.165, 1.54) is 24.6 Å². The standard InChI is InChI=1S/C20H24F2N2O/c1-14(15-5-4-6-17(11-15)24-9-2-3-10-24)23-13-20(25)16-7-8-18(21)19(22)12-16/h4-8,11-12,14,20,23,25H,2-3,9-10,13H2,1H3. The fraction of sp³-hybridized carbons (Fsp3) is 0.400. The Morgan fingerprint density at radius 3 is 2.52 bits per heavy atom. The normalized spacial score (nSPS) is 16.9. The van der Waals surface area contributed by atoms with Gasteiger partial charge in [-0.05, 0) is 55.2 Å². The molecule has 2 atom stereocenters. The van der Waals surface area contributed by atoms with Crippen molar-refractivity contribution in [2.45, 2.75) is 31.9 Å². The third-order valence-electron chi connectivity index (χ3n) is 4.79. The lowest BCUT2D eigenvalue weighted by Crippen LogP contribution is -2.25. The van der Waals surface area contributed by atoms with Crippen LogP contribution in [0.4, 0.5) is 14.5 Å². The Hall–Kier alpha value is -1.98. The summed E-state index contributed by atoms with van der Waals surface area (Å²) in [6.07, 6.45) is 1.58. The number of nitrogens with one attached hydrogen (secondary N) is 1. The van der Waals surface area contributed by atoms with Gasteiger partial charge in [0, 0.05) is 31.4 Å². The Labute approximate surface area is 147 Å². The molecule has 1 aliphatic heterocycles. The number of anilines is 1. The van der Waals surface area contributed by atoms with Crippen LogP contribution in [0.2, 0.25) is 0 Å². The van der Waals surface area contributed by atoms with Crippen LogP contribution in [0.1, 0.15) is 43.0 Å². The molecule has 1 fully saturated rings. The molecule has 3 rings (SSSR count). The van der Waals surface area contributed by atoms with Crippen molar-refractivity contribution in [2.75, 3.05) is 24.5 Å². The highest BCUT2D eigenvalue weighted by Crippen LogP contribution is 2.24. The van der Waals surface area contributed by atoms with E-state index in [-0.39, 0.29) is 12.6 Å². The first-order valence-electron chi connectivity index (χ1n) is 8.76. The second kappa shape index (κ2) is 7.93. The number of hydrogen-bond donors (Lipinski definition) is 2. The van der Waals surface area contributed by atoms with Gasteiger partial charge in [-0.3, -0.25) is 0 Å². The number of aliphatic hydroxyl groups is 1.